The van der Waals surface area contributed by atoms with Crippen LogP contribution in [0.15, 0.2) is 157 Å². The summed E-state index contributed by atoms with van der Waals surface area (Å²) in [4.78, 5) is 126. The van der Waals surface area contributed by atoms with Crippen LogP contribution in [0, 0.1) is 0 Å². The Morgan fingerprint density at radius 1 is 0.553 bits per heavy atom. The van der Waals surface area contributed by atoms with E-state index in [4.69, 9.17) is 9.47 Å². The van der Waals surface area contributed by atoms with Gasteiger partial charge in [0.25, 0.3) is 11.8 Å². The van der Waals surface area contributed by atoms with Gasteiger partial charge in [-0.05, 0) is 57.0 Å². The summed E-state index contributed by atoms with van der Waals surface area (Å²) in [5.41, 5.74) is 4.13. The fraction of sp³-hybridized carbons (Fsp3) is 0.246. The molecular formula is C57H56N6O12S. The van der Waals surface area contributed by atoms with E-state index in [2.05, 4.69) is 31.9 Å². The molecule has 2 aliphatic rings. The molecule has 0 radical (unpaired) electrons. The molecule has 2 aliphatic heterocycles. The van der Waals surface area contributed by atoms with E-state index in [1.807, 2.05) is 42.5 Å². The summed E-state index contributed by atoms with van der Waals surface area (Å²) in [6.07, 6.45) is -4.96. The summed E-state index contributed by atoms with van der Waals surface area (Å²) in [6.45, 7) is 1.96. The number of ether oxygens (including phenoxy) is 2. The second kappa shape index (κ2) is 26.3. The van der Waals surface area contributed by atoms with E-state index in [1.165, 1.54) is 35.6 Å². The van der Waals surface area contributed by atoms with Crippen LogP contribution < -0.4 is 31.9 Å². The number of carboxylic acids is 1. The van der Waals surface area contributed by atoms with Crippen LogP contribution >= 0.6 is 11.3 Å². The minimum absolute atomic E-state index is 0.0896. The van der Waals surface area contributed by atoms with Crippen molar-refractivity contribution >= 4 is 70.4 Å². The smallest absolute Gasteiger partial charge is 0.326 e. The van der Waals surface area contributed by atoms with Gasteiger partial charge in [-0.1, -0.05) is 133 Å². The lowest BCUT2D eigenvalue weighted by atomic mass is 9.98. The van der Waals surface area contributed by atoms with Crippen LogP contribution in [-0.2, 0) is 84.7 Å². The number of aliphatic carboxylic acids is 1. The van der Waals surface area contributed by atoms with E-state index in [1.54, 1.807) is 90.3 Å². The fourth-order valence-corrected chi connectivity index (χ4v) is 9.20. The number of fused-ring (bicyclic) bond motifs is 18. The van der Waals surface area contributed by atoms with Crippen LogP contribution in [0.5, 0.6) is 0 Å². The maximum Gasteiger partial charge on any atom is 0.326 e. The first-order chi connectivity index (χ1) is 36.6. The van der Waals surface area contributed by atoms with Gasteiger partial charge in [-0.15, -0.1) is 11.3 Å². The molecule has 2 bridgehead atoms. The van der Waals surface area contributed by atoms with Gasteiger partial charge in [-0.25, -0.2) is 4.79 Å². The third-order valence-electron chi connectivity index (χ3n) is 12.2. The van der Waals surface area contributed by atoms with Crippen molar-refractivity contribution in [2.45, 2.75) is 88.4 Å². The van der Waals surface area contributed by atoms with Gasteiger partial charge in [0.1, 0.15) is 30.2 Å². The number of esters is 2. The van der Waals surface area contributed by atoms with Crippen LogP contribution in [-0.4, -0.2) is 101 Å². The zero-order chi connectivity index (χ0) is 54.1. The Bertz CT molecular complexity index is 3000. The molecule has 0 unspecified atom stereocenters. The molecule has 7 N–H and O–H groups in total. The van der Waals surface area contributed by atoms with Crippen molar-refractivity contribution < 1.29 is 57.7 Å². The van der Waals surface area contributed by atoms with Crippen molar-refractivity contribution in [3.05, 3.63) is 184 Å². The van der Waals surface area contributed by atoms with Gasteiger partial charge < -0.3 is 46.5 Å². The average Bonchev–Trinajstić information content (AvgIpc) is 3.93. The Kier molecular flexibility index (Phi) is 19.0. The lowest BCUT2D eigenvalue weighted by molar-refractivity contribution is -0.173. The molecule has 6 amide bonds. The van der Waals surface area contributed by atoms with Crippen LogP contribution in [0.2, 0.25) is 0 Å². The van der Waals surface area contributed by atoms with E-state index in [0.29, 0.717) is 27.1 Å². The molecule has 0 fully saturated rings. The molecule has 19 heteroatoms. The summed E-state index contributed by atoms with van der Waals surface area (Å²) in [7, 11) is 0. The number of anilines is 1. The van der Waals surface area contributed by atoms with E-state index in [-0.39, 0.29) is 37.8 Å². The molecule has 0 saturated carbocycles. The summed E-state index contributed by atoms with van der Waals surface area (Å²) in [5.74, 6) is -9.09. The number of carbonyl (C=O) groups is 9. The molecule has 0 aliphatic carbocycles. The fourth-order valence-electron chi connectivity index (χ4n) is 8.45. The van der Waals surface area contributed by atoms with Crippen LogP contribution in [0.25, 0.3) is 11.1 Å². The molecule has 3 heterocycles. The predicted octanol–water partition coefficient (Wildman–Crippen LogP) is 4.25. The Balaban J connectivity index is 1.31. The summed E-state index contributed by atoms with van der Waals surface area (Å²) in [6, 6.07) is 36.2. The SMILES string of the molecule is CC(=O)O[C@H]1C(=O)Nc2ccc(cc2)C[C@@H](C(=O)N[C@@H](Cc2ccccc2)C(=O)O)NC(=O)[C@H](Cc2ccccc2)NC(=O)[C@@H](Cc2ccc(-c3ccccc3)cc2)NC(=O)[C@H](Cc2cccs2)NC(=O)[C@@H]1OC(C)=O. The highest BCUT2D eigenvalue weighted by molar-refractivity contribution is 7.09. The van der Waals surface area contributed by atoms with Gasteiger partial charge in [0.05, 0.1) is 0 Å². The number of hydrogen-bond acceptors (Lipinski definition) is 12. The normalized spacial score (nSPS) is 19.9. The number of amides is 6. The molecule has 6 aromatic rings. The Morgan fingerprint density at radius 2 is 1.04 bits per heavy atom. The van der Waals surface area contributed by atoms with Crippen LogP contribution in [0.4, 0.5) is 5.69 Å². The standard InChI is InChI=1S/C57H56N6O12S/c1-34(64)74-49-50(75-35(2)65)56(71)62-47(33-43-19-12-28-76-43)54(69)61-45(30-38-20-24-41(25-21-38)40-17-10-5-11-18-40)52(67)59-44(29-36-13-6-3-7-14-36)51(66)60-46(31-39-22-26-42(27-23-39)58-55(49)70)53(68)63-48(57(72)73)32-37-15-8-4-9-16-37/h3-28,44-50H,29-33H2,1-2H3,(H,58,70)(H,59,67)(H,60,66)(H,61,69)(H,62,71)(H,63,68)(H,72,73)/t44-,45+,46-,47-,48-,49+,50+/m0/s1. The van der Waals surface area contributed by atoms with Gasteiger partial charge in [0.2, 0.25) is 35.8 Å². The highest BCUT2D eigenvalue weighted by Crippen LogP contribution is 2.22. The first-order valence-corrected chi connectivity index (χ1v) is 25.2. The van der Waals surface area contributed by atoms with E-state index in [0.717, 1.165) is 25.0 Å². The van der Waals surface area contributed by atoms with Crippen LogP contribution in [0.1, 0.15) is 41.0 Å². The predicted molar refractivity (Wildman–Crippen MR) is 281 cm³/mol. The summed E-state index contributed by atoms with van der Waals surface area (Å²) in [5, 5.41) is 28.1. The third-order valence-corrected chi connectivity index (χ3v) is 13.1. The van der Waals surface area contributed by atoms with Crippen molar-refractivity contribution in [3.63, 3.8) is 0 Å². The third kappa shape index (κ3) is 15.8. The van der Waals surface area contributed by atoms with Gasteiger partial charge >= 0.3 is 17.9 Å². The lowest BCUT2D eigenvalue weighted by Gasteiger charge is -2.28. The minimum atomic E-state index is -2.14. The molecule has 392 valence electrons. The maximum atomic E-state index is 15.0. The molecular weight excluding hydrogens is 993 g/mol. The molecule has 0 spiro atoms. The van der Waals surface area contributed by atoms with E-state index >= 15 is 0 Å². The van der Waals surface area contributed by atoms with Crippen molar-refractivity contribution in [1.29, 1.82) is 0 Å². The molecule has 18 nitrogen and oxygen atoms in total. The van der Waals surface area contributed by atoms with Gasteiger partial charge in [-0.3, -0.25) is 38.4 Å². The Morgan fingerprint density at radius 3 is 1.58 bits per heavy atom. The van der Waals surface area contributed by atoms with Crippen molar-refractivity contribution in [2.24, 2.45) is 0 Å². The molecule has 7 atom stereocenters. The monoisotopic (exact) mass is 1050 g/mol. The number of carboxylic acid groups (broad SMARTS) is 1. The highest BCUT2D eigenvalue weighted by Gasteiger charge is 2.42. The molecule has 1 aromatic heterocycles. The summed E-state index contributed by atoms with van der Waals surface area (Å²) >= 11 is 1.26. The Hall–Kier alpha value is -8.97. The highest BCUT2D eigenvalue weighted by atomic mass is 32.1. The Labute approximate surface area is 442 Å². The topological polar surface area (TPSA) is 264 Å². The largest absolute Gasteiger partial charge is 0.480 e. The molecule has 5 aromatic carbocycles. The number of rotatable bonds is 14. The van der Waals surface area contributed by atoms with Gasteiger partial charge in [-0.2, -0.15) is 0 Å². The van der Waals surface area contributed by atoms with E-state index in [9.17, 15) is 48.3 Å². The second-order valence-corrected chi connectivity index (χ2v) is 19.1. The van der Waals surface area contributed by atoms with Crippen molar-refractivity contribution in [2.75, 3.05) is 5.32 Å². The molecule has 0 saturated heterocycles. The quantitative estimate of drug-likeness (QED) is 0.0597. The average molecular weight is 1050 g/mol. The van der Waals surface area contributed by atoms with Crippen molar-refractivity contribution in [3.8, 4) is 11.1 Å². The number of benzene rings is 5. The second-order valence-electron chi connectivity index (χ2n) is 18.0. The first-order valence-electron chi connectivity index (χ1n) is 24.3. The van der Waals surface area contributed by atoms with Gasteiger partial charge in [0, 0.05) is 56.5 Å². The zero-order valence-electron chi connectivity index (χ0n) is 41.4. The zero-order valence-corrected chi connectivity index (χ0v) is 42.3. The maximum absolute atomic E-state index is 15.0. The van der Waals surface area contributed by atoms with Crippen LogP contribution in [0.3, 0.4) is 0 Å². The summed E-state index contributed by atoms with van der Waals surface area (Å²) < 4.78 is 10.7. The number of hydrogen-bond donors (Lipinski definition) is 7. The number of carbonyl (C=O) groups excluding carboxylic acids is 8. The minimum Gasteiger partial charge on any atom is -0.480 e. The lowest BCUT2D eigenvalue weighted by Crippen LogP contribution is -2.61. The van der Waals surface area contributed by atoms with E-state index < -0.39 is 95.8 Å². The number of thiophene rings is 1. The number of nitrogens with one attached hydrogen (secondary N) is 6. The molecule has 8 rings (SSSR count). The first kappa shape index (κ1) is 54.8. The molecule has 76 heavy (non-hydrogen) atoms. The van der Waals surface area contributed by atoms with Crippen molar-refractivity contribution in [1.82, 2.24) is 26.6 Å². The van der Waals surface area contributed by atoms with Gasteiger partial charge in [0.15, 0.2) is 0 Å².